The first-order chi connectivity index (χ1) is 17.6. The first kappa shape index (κ1) is 25.2. The average molecular weight is 483 g/mol. The predicted octanol–water partition coefficient (Wildman–Crippen LogP) is 6.38. The summed E-state index contributed by atoms with van der Waals surface area (Å²) >= 11 is 0. The van der Waals surface area contributed by atoms with Gasteiger partial charge >= 0.3 is 0 Å². The quantitative estimate of drug-likeness (QED) is 0.218. The smallest absolute Gasteiger partial charge is 0.262 e. The number of ether oxygens (including phenoxy) is 1. The highest BCUT2D eigenvalue weighted by molar-refractivity contribution is 6.02. The largest absolute Gasteiger partial charge is 0.494 e. The highest BCUT2D eigenvalue weighted by Crippen LogP contribution is 2.31. The fourth-order valence-electron chi connectivity index (χ4n) is 4.56. The van der Waals surface area contributed by atoms with Crippen molar-refractivity contribution in [2.24, 2.45) is 0 Å². The number of nitriles is 1. The molecule has 6 heteroatoms. The van der Waals surface area contributed by atoms with Crippen molar-refractivity contribution < 1.29 is 9.53 Å². The summed E-state index contributed by atoms with van der Waals surface area (Å²) in [5, 5.41) is 17.8. The highest BCUT2D eigenvalue weighted by atomic mass is 16.5. The Labute approximate surface area is 213 Å². The number of aryl methyl sites for hydroxylation is 1. The maximum Gasteiger partial charge on any atom is 0.262 e. The maximum atomic E-state index is 13.0. The zero-order valence-electron chi connectivity index (χ0n) is 21.2. The summed E-state index contributed by atoms with van der Waals surface area (Å²) in [6, 6.07) is 18.0. The molecule has 3 aromatic rings. The van der Waals surface area contributed by atoms with Gasteiger partial charge in [-0.2, -0.15) is 10.4 Å². The van der Waals surface area contributed by atoms with Crippen LogP contribution in [0.2, 0.25) is 0 Å². The van der Waals surface area contributed by atoms with Gasteiger partial charge in [-0.15, -0.1) is 0 Å². The number of nitrogens with one attached hydrogen (secondary N) is 1. The number of benzene rings is 2. The van der Waals surface area contributed by atoms with Gasteiger partial charge in [-0.1, -0.05) is 50.8 Å². The fourth-order valence-corrected chi connectivity index (χ4v) is 4.56. The molecule has 6 nitrogen and oxygen atoms in total. The minimum atomic E-state index is -0.320. The molecule has 36 heavy (non-hydrogen) atoms. The molecule has 0 bridgehead atoms. The summed E-state index contributed by atoms with van der Waals surface area (Å²) in [7, 11) is 0. The number of carbonyl (C=O) groups excluding carboxylic acids is 1. The minimum absolute atomic E-state index is 0.0895. The number of rotatable bonds is 9. The second-order valence-electron chi connectivity index (χ2n) is 9.37. The topological polar surface area (TPSA) is 79.9 Å². The van der Waals surface area contributed by atoms with Crippen LogP contribution in [-0.2, 0) is 4.79 Å². The summed E-state index contributed by atoms with van der Waals surface area (Å²) in [5.74, 6) is 0.507. The van der Waals surface area contributed by atoms with Gasteiger partial charge in [-0.3, -0.25) is 4.79 Å². The van der Waals surface area contributed by atoms with Gasteiger partial charge in [0.15, 0.2) is 0 Å². The third-order valence-corrected chi connectivity index (χ3v) is 6.59. The molecule has 0 aliphatic heterocycles. The van der Waals surface area contributed by atoms with Crippen molar-refractivity contribution in [1.29, 1.82) is 5.26 Å². The number of aromatic nitrogens is 2. The van der Waals surface area contributed by atoms with E-state index in [0.29, 0.717) is 6.61 Å². The summed E-state index contributed by atoms with van der Waals surface area (Å²) in [6.45, 7) is 4.85. The van der Waals surface area contributed by atoms with E-state index in [4.69, 9.17) is 9.84 Å². The molecule has 1 N–H and O–H groups in total. The van der Waals surface area contributed by atoms with Crippen LogP contribution in [0.4, 0.5) is 0 Å². The maximum absolute atomic E-state index is 13.0. The lowest BCUT2D eigenvalue weighted by Gasteiger charge is -2.22. The van der Waals surface area contributed by atoms with Crippen LogP contribution in [0.3, 0.4) is 0 Å². The standard InChI is InChI=1S/C30H34N4O2/c1-3-4-17-36-27-15-16-28(22(2)18-27)29-24(21-34(33-29)26-13-9-6-10-14-26)19-23(20-31)30(35)32-25-11-7-5-8-12-25/h6,9-10,13-16,18-19,21,25H,3-5,7-8,11-12,17H2,1-2H3,(H,32,35)/b23-19+. The molecule has 1 heterocycles. The Morgan fingerprint density at radius 1 is 1.19 bits per heavy atom. The van der Waals surface area contributed by atoms with Crippen LogP contribution in [-0.4, -0.2) is 28.3 Å². The van der Waals surface area contributed by atoms with Gasteiger partial charge in [-0.25, -0.2) is 4.68 Å². The molecule has 1 aromatic heterocycles. The predicted molar refractivity (Wildman–Crippen MR) is 143 cm³/mol. The monoisotopic (exact) mass is 482 g/mol. The van der Waals surface area contributed by atoms with Gasteiger partial charge < -0.3 is 10.1 Å². The van der Waals surface area contributed by atoms with E-state index in [2.05, 4.69) is 18.3 Å². The summed E-state index contributed by atoms with van der Waals surface area (Å²) < 4.78 is 7.67. The van der Waals surface area contributed by atoms with E-state index in [-0.39, 0.29) is 17.5 Å². The molecule has 1 fully saturated rings. The van der Waals surface area contributed by atoms with Crippen LogP contribution in [0.1, 0.15) is 63.0 Å². The fraction of sp³-hybridized carbons (Fsp3) is 0.367. The van der Waals surface area contributed by atoms with Crippen molar-refractivity contribution in [2.45, 2.75) is 64.8 Å². The van der Waals surface area contributed by atoms with Crippen LogP contribution < -0.4 is 10.1 Å². The van der Waals surface area contributed by atoms with Crippen LogP contribution in [0.15, 0.2) is 60.3 Å². The van der Waals surface area contributed by atoms with E-state index < -0.39 is 0 Å². The van der Waals surface area contributed by atoms with Crippen molar-refractivity contribution in [1.82, 2.24) is 15.1 Å². The van der Waals surface area contributed by atoms with Crippen molar-refractivity contribution in [3.8, 4) is 28.8 Å². The van der Waals surface area contributed by atoms with Gasteiger partial charge in [0.05, 0.1) is 12.3 Å². The second-order valence-corrected chi connectivity index (χ2v) is 9.37. The highest BCUT2D eigenvalue weighted by Gasteiger charge is 2.20. The molecular formula is C30H34N4O2. The Bertz CT molecular complexity index is 1250. The molecule has 1 aliphatic rings. The lowest BCUT2D eigenvalue weighted by atomic mass is 9.95. The molecular weight excluding hydrogens is 448 g/mol. The van der Waals surface area contributed by atoms with Gasteiger partial charge in [0.2, 0.25) is 0 Å². The van der Waals surface area contributed by atoms with E-state index in [0.717, 1.165) is 72.3 Å². The first-order valence-electron chi connectivity index (χ1n) is 12.9. The van der Waals surface area contributed by atoms with Crippen molar-refractivity contribution >= 4 is 12.0 Å². The lowest BCUT2D eigenvalue weighted by Crippen LogP contribution is -2.36. The SMILES string of the molecule is CCCCOc1ccc(-c2nn(-c3ccccc3)cc2/C=C(\C#N)C(=O)NC2CCCCC2)c(C)c1. The Hall–Kier alpha value is -3.85. The Morgan fingerprint density at radius 3 is 2.67 bits per heavy atom. The molecule has 1 saturated carbocycles. The van der Waals surface area contributed by atoms with Gasteiger partial charge in [-0.05, 0) is 68.2 Å². The zero-order chi connectivity index (χ0) is 25.3. The molecule has 0 atom stereocenters. The number of carbonyl (C=O) groups is 1. The van der Waals surface area contributed by atoms with E-state index in [1.165, 1.54) is 6.42 Å². The Balaban J connectivity index is 1.69. The molecule has 4 rings (SSSR count). The Morgan fingerprint density at radius 2 is 1.97 bits per heavy atom. The van der Waals surface area contributed by atoms with Crippen molar-refractivity contribution in [2.75, 3.05) is 6.61 Å². The number of amides is 1. The van der Waals surface area contributed by atoms with Gasteiger partial charge in [0, 0.05) is 23.4 Å². The summed E-state index contributed by atoms with van der Waals surface area (Å²) in [6.07, 6.45) is 11.0. The lowest BCUT2D eigenvalue weighted by molar-refractivity contribution is -0.117. The number of hydrogen-bond acceptors (Lipinski definition) is 4. The molecule has 0 spiro atoms. The van der Waals surface area contributed by atoms with Crippen LogP contribution in [0.5, 0.6) is 5.75 Å². The van der Waals surface area contributed by atoms with Gasteiger partial charge in [0.1, 0.15) is 23.1 Å². The number of nitrogens with zero attached hydrogens (tertiary/aromatic N) is 3. The average Bonchev–Trinajstić information content (AvgIpc) is 3.32. The van der Waals surface area contributed by atoms with E-state index >= 15 is 0 Å². The van der Waals surface area contributed by atoms with E-state index in [1.807, 2.05) is 61.7 Å². The second kappa shape index (κ2) is 12.2. The van der Waals surface area contributed by atoms with Crippen molar-refractivity contribution in [3.63, 3.8) is 0 Å². The number of hydrogen-bond donors (Lipinski definition) is 1. The third-order valence-electron chi connectivity index (χ3n) is 6.59. The molecule has 0 unspecified atom stereocenters. The number of para-hydroxylation sites is 1. The Kier molecular flexibility index (Phi) is 8.57. The van der Waals surface area contributed by atoms with Crippen molar-refractivity contribution in [3.05, 3.63) is 71.4 Å². The number of unbranched alkanes of at least 4 members (excludes halogenated alkanes) is 1. The molecule has 2 aromatic carbocycles. The molecule has 1 amide bonds. The first-order valence-corrected chi connectivity index (χ1v) is 12.9. The molecule has 0 radical (unpaired) electrons. The minimum Gasteiger partial charge on any atom is -0.494 e. The molecule has 0 saturated heterocycles. The summed E-state index contributed by atoms with van der Waals surface area (Å²) in [5.41, 5.74) is 4.38. The molecule has 186 valence electrons. The normalized spacial score (nSPS) is 14.3. The van der Waals surface area contributed by atoms with Crippen LogP contribution in [0, 0.1) is 18.3 Å². The van der Waals surface area contributed by atoms with E-state index in [9.17, 15) is 10.1 Å². The third kappa shape index (κ3) is 6.23. The van der Waals surface area contributed by atoms with Gasteiger partial charge in [0.25, 0.3) is 5.91 Å². The van der Waals surface area contributed by atoms with Crippen LogP contribution in [0.25, 0.3) is 23.0 Å². The zero-order valence-corrected chi connectivity index (χ0v) is 21.2. The summed E-state index contributed by atoms with van der Waals surface area (Å²) in [4.78, 5) is 13.0. The van der Waals surface area contributed by atoms with E-state index in [1.54, 1.807) is 10.8 Å². The van der Waals surface area contributed by atoms with Crippen LogP contribution >= 0.6 is 0 Å². The molecule has 1 aliphatic carbocycles.